The lowest BCUT2D eigenvalue weighted by molar-refractivity contribution is 0.265. The van der Waals surface area contributed by atoms with E-state index in [1.807, 2.05) is 30.3 Å². The van der Waals surface area contributed by atoms with Crippen molar-refractivity contribution in [2.24, 2.45) is 10.4 Å². The maximum Gasteiger partial charge on any atom is 0.190 e. The van der Waals surface area contributed by atoms with Gasteiger partial charge in [0.1, 0.15) is 0 Å². The first-order valence-electron chi connectivity index (χ1n) is 7.56. The van der Waals surface area contributed by atoms with E-state index in [2.05, 4.69) is 36.4 Å². The molecule has 0 aliphatic rings. The summed E-state index contributed by atoms with van der Waals surface area (Å²) in [5, 5.41) is 16.1. The molecule has 4 nitrogen and oxygen atoms in total. The molecular formula is C17H30IN3O. The van der Waals surface area contributed by atoms with Crippen LogP contribution in [-0.2, 0) is 0 Å². The molecule has 1 rings (SSSR count). The molecular weight excluding hydrogens is 389 g/mol. The summed E-state index contributed by atoms with van der Waals surface area (Å²) in [6.45, 7) is 8.34. The number of aliphatic imine (C=N–C) groups is 1. The van der Waals surface area contributed by atoms with E-state index in [0.717, 1.165) is 24.5 Å². The van der Waals surface area contributed by atoms with Crippen molar-refractivity contribution in [3.8, 4) is 0 Å². The molecule has 1 aromatic carbocycles. The topological polar surface area (TPSA) is 56.7 Å². The Hall–Kier alpha value is -0.820. The van der Waals surface area contributed by atoms with Crippen molar-refractivity contribution in [1.82, 2.24) is 10.6 Å². The van der Waals surface area contributed by atoms with Crippen molar-refractivity contribution >= 4 is 29.9 Å². The predicted molar refractivity (Wildman–Crippen MR) is 105 cm³/mol. The van der Waals surface area contributed by atoms with E-state index in [9.17, 15) is 5.11 Å². The molecule has 22 heavy (non-hydrogen) atoms. The minimum Gasteiger partial charge on any atom is -0.396 e. The Morgan fingerprint density at radius 1 is 1.18 bits per heavy atom. The van der Waals surface area contributed by atoms with Crippen LogP contribution in [0, 0.1) is 5.41 Å². The van der Waals surface area contributed by atoms with E-state index in [1.54, 1.807) is 7.05 Å². The highest BCUT2D eigenvalue weighted by Crippen LogP contribution is 2.17. The largest absolute Gasteiger partial charge is 0.396 e. The molecule has 0 heterocycles. The summed E-state index contributed by atoms with van der Waals surface area (Å²) in [4.78, 5) is 4.22. The Kier molecular flexibility index (Phi) is 10.4. The quantitative estimate of drug-likeness (QED) is 0.378. The van der Waals surface area contributed by atoms with E-state index < -0.39 is 0 Å². The fraction of sp³-hybridized carbons (Fsp3) is 0.588. The Labute approximate surface area is 151 Å². The Morgan fingerprint density at radius 3 is 2.32 bits per heavy atom. The summed E-state index contributed by atoms with van der Waals surface area (Å²) in [5.74, 6) is 0.862. The molecule has 0 radical (unpaired) electrons. The SMILES string of the molecule is CN=C(NCCC(C)(C)C)NCC(CO)c1ccccc1.I. The van der Waals surface area contributed by atoms with Gasteiger partial charge in [0.25, 0.3) is 0 Å². The van der Waals surface area contributed by atoms with Gasteiger partial charge in [0.15, 0.2) is 5.96 Å². The molecule has 0 saturated heterocycles. The number of aliphatic hydroxyl groups is 1. The highest BCUT2D eigenvalue weighted by molar-refractivity contribution is 14.0. The first-order chi connectivity index (χ1) is 9.96. The first kappa shape index (κ1) is 21.2. The summed E-state index contributed by atoms with van der Waals surface area (Å²) in [6.07, 6.45) is 1.08. The number of nitrogens with one attached hydrogen (secondary N) is 2. The molecule has 126 valence electrons. The molecule has 0 bridgehead atoms. The summed E-state index contributed by atoms with van der Waals surface area (Å²) in [6, 6.07) is 10.1. The Balaban J connectivity index is 0.00000441. The van der Waals surface area contributed by atoms with Gasteiger partial charge >= 0.3 is 0 Å². The zero-order valence-corrected chi connectivity index (χ0v) is 16.4. The smallest absolute Gasteiger partial charge is 0.190 e. The molecule has 0 aromatic heterocycles. The zero-order chi connectivity index (χ0) is 15.7. The number of nitrogens with zero attached hydrogens (tertiary/aromatic N) is 1. The van der Waals surface area contributed by atoms with Crippen molar-refractivity contribution in [2.45, 2.75) is 33.1 Å². The second kappa shape index (κ2) is 10.8. The molecule has 0 fully saturated rings. The van der Waals surface area contributed by atoms with Gasteiger partial charge in [0, 0.05) is 26.1 Å². The summed E-state index contributed by atoms with van der Waals surface area (Å²) in [7, 11) is 1.77. The van der Waals surface area contributed by atoms with Crippen molar-refractivity contribution in [3.05, 3.63) is 35.9 Å². The lowest BCUT2D eigenvalue weighted by Crippen LogP contribution is -2.40. The van der Waals surface area contributed by atoms with Crippen molar-refractivity contribution in [2.75, 3.05) is 26.7 Å². The molecule has 5 heteroatoms. The van der Waals surface area contributed by atoms with E-state index in [-0.39, 0.29) is 36.5 Å². The minimum absolute atomic E-state index is 0. The first-order valence-corrected chi connectivity index (χ1v) is 7.56. The molecule has 1 aromatic rings. The standard InChI is InChI=1S/C17H29N3O.HI/c1-17(2,3)10-11-19-16(18-4)20-12-15(13-21)14-8-6-5-7-9-14;/h5-9,15,21H,10-13H2,1-4H3,(H2,18,19,20);1H. The van der Waals surface area contributed by atoms with Gasteiger partial charge in [-0.15, -0.1) is 24.0 Å². The van der Waals surface area contributed by atoms with Crippen molar-refractivity contribution in [1.29, 1.82) is 0 Å². The van der Waals surface area contributed by atoms with Gasteiger partial charge in [-0.3, -0.25) is 4.99 Å². The van der Waals surface area contributed by atoms with Crippen LogP contribution in [0.15, 0.2) is 35.3 Å². The third-order valence-electron chi connectivity index (χ3n) is 3.40. The fourth-order valence-corrected chi connectivity index (χ4v) is 2.01. The average Bonchev–Trinajstić information content (AvgIpc) is 2.46. The van der Waals surface area contributed by atoms with Crippen LogP contribution in [0.1, 0.15) is 38.7 Å². The van der Waals surface area contributed by atoms with Gasteiger partial charge in [-0.1, -0.05) is 51.1 Å². The molecule has 1 atom stereocenters. The number of guanidine groups is 1. The van der Waals surface area contributed by atoms with Gasteiger partial charge in [0.05, 0.1) is 6.61 Å². The number of halogens is 1. The minimum atomic E-state index is 0. The third kappa shape index (κ3) is 8.58. The van der Waals surface area contributed by atoms with Crippen LogP contribution in [0.3, 0.4) is 0 Å². The van der Waals surface area contributed by atoms with Gasteiger partial charge in [-0.25, -0.2) is 0 Å². The maximum absolute atomic E-state index is 9.55. The fourth-order valence-electron chi connectivity index (χ4n) is 2.01. The van der Waals surface area contributed by atoms with Crippen molar-refractivity contribution in [3.63, 3.8) is 0 Å². The molecule has 0 amide bonds. The van der Waals surface area contributed by atoms with Crippen molar-refractivity contribution < 1.29 is 5.11 Å². The highest BCUT2D eigenvalue weighted by atomic mass is 127. The van der Waals surface area contributed by atoms with Crippen LogP contribution in [0.4, 0.5) is 0 Å². The Morgan fingerprint density at radius 2 is 1.82 bits per heavy atom. The van der Waals surface area contributed by atoms with Gasteiger partial charge < -0.3 is 15.7 Å². The van der Waals surface area contributed by atoms with Gasteiger partial charge in [0.2, 0.25) is 0 Å². The third-order valence-corrected chi connectivity index (χ3v) is 3.40. The normalized spacial score (nSPS) is 13.2. The monoisotopic (exact) mass is 419 g/mol. The number of rotatable bonds is 6. The predicted octanol–water partition coefficient (Wildman–Crippen LogP) is 2.98. The summed E-state index contributed by atoms with van der Waals surface area (Å²) < 4.78 is 0. The maximum atomic E-state index is 9.55. The molecule has 0 spiro atoms. The lowest BCUT2D eigenvalue weighted by Gasteiger charge is -2.21. The van der Waals surface area contributed by atoms with Crippen LogP contribution in [0.25, 0.3) is 0 Å². The molecule has 1 unspecified atom stereocenters. The van der Waals surface area contributed by atoms with Crippen LogP contribution < -0.4 is 10.6 Å². The van der Waals surface area contributed by atoms with E-state index >= 15 is 0 Å². The highest BCUT2D eigenvalue weighted by Gasteiger charge is 2.12. The molecule has 0 saturated carbocycles. The zero-order valence-electron chi connectivity index (χ0n) is 14.1. The van der Waals surface area contributed by atoms with E-state index in [4.69, 9.17) is 0 Å². The summed E-state index contributed by atoms with van der Waals surface area (Å²) >= 11 is 0. The number of hydrogen-bond acceptors (Lipinski definition) is 2. The Bertz CT molecular complexity index is 429. The van der Waals surface area contributed by atoms with E-state index in [1.165, 1.54) is 0 Å². The van der Waals surface area contributed by atoms with Gasteiger partial charge in [-0.2, -0.15) is 0 Å². The molecule has 0 aliphatic carbocycles. The summed E-state index contributed by atoms with van der Waals surface area (Å²) in [5.41, 5.74) is 1.45. The van der Waals surface area contributed by atoms with Crippen LogP contribution in [0.2, 0.25) is 0 Å². The lowest BCUT2D eigenvalue weighted by atomic mass is 9.92. The number of benzene rings is 1. The molecule has 0 aliphatic heterocycles. The van der Waals surface area contributed by atoms with Gasteiger partial charge in [-0.05, 0) is 17.4 Å². The second-order valence-corrected chi connectivity index (χ2v) is 6.48. The van der Waals surface area contributed by atoms with Crippen LogP contribution in [-0.4, -0.2) is 37.8 Å². The number of hydrogen-bond donors (Lipinski definition) is 3. The second-order valence-electron chi connectivity index (χ2n) is 6.48. The number of aliphatic hydroxyl groups excluding tert-OH is 1. The molecule has 3 N–H and O–H groups in total. The van der Waals surface area contributed by atoms with Crippen LogP contribution in [0.5, 0.6) is 0 Å². The average molecular weight is 419 g/mol. The van der Waals surface area contributed by atoms with E-state index in [0.29, 0.717) is 12.0 Å². The van der Waals surface area contributed by atoms with Crippen LogP contribution >= 0.6 is 24.0 Å².